The SMILES string of the molecule is NCc1cc(COc2ccccc2)ncc1O. The maximum absolute atomic E-state index is 9.44. The predicted molar refractivity (Wildman–Crippen MR) is 64.6 cm³/mol. The van der Waals surface area contributed by atoms with Crippen molar-refractivity contribution in [2.75, 3.05) is 0 Å². The van der Waals surface area contributed by atoms with Crippen molar-refractivity contribution in [3.05, 3.63) is 53.9 Å². The van der Waals surface area contributed by atoms with Crippen molar-refractivity contribution < 1.29 is 9.84 Å². The number of para-hydroxylation sites is 1. The number of benzene rings is 1. The fourth-order valence-corrected chi connectivity index (χ4v) is 1.46. The lowest BCUT2D eigenvalue weighted by Gasteiger charge is -2.07. The number of hydrogen-bond donors (Lipinski definition) is 2. The largest absolute Gasteiger partial charge is 0.506 e. The van der Waals surface area contributed by atoms with E-state index in [1.165, 1.54) is 6.20 Å². The standard InChI is InChI=1S/C13H14N2O2/c14-7-10-6-11(15-8-13(10)16)9-17-12-4-2-1-3-5-12/h1-6,8,16H,7,9,14H2. The molecule has 0 aliphatic heterocycles. The van der Waals surface area contributed by atoms with Gasteiger partial charge in [0.15, 0.2) is 0 Å². The van der Waals surface area contributed by atoms with Gasteiger partial charge in [0.25, 0.3) is 0 Å². The Kier molecular flexibility index (Phi) is 3.57. The second-order valence-electron chi connectivity index (χ2n) is 3.61. The van der Waals surface area contributed by atoms with E-state index in [2.05, 4.69) is 4.98 Å². The highest BCUT2D eigenvalue weighted by Gasteiger charge is 2.03. The van der Waals surface area contributed by atoms with Gasteiger partial charge in [-0.15, -0.1) is 0 Å². The normalized spacial score (nSPS) is 10.2. The highest BCUT2D eigenvalue weighted by atomic mass is 16.5. The van der Waals surface area contributed by atoms with Gasteiger partial charge in [0.1, 0.15) is 18.1 Å². The van der Waals surface area contributed by atoms with Gasteiger partial charge >= 0.3 is 0 Å². The van der Waals surface area contributed by atoms with Gasteiger partial charge in [0, 0.05) is 12.1 Å². The minimum Gasteiger partial charge on any atom is -0.506 e. The Morgan fingerprint density at radius 2 is 2.00 bits per heavy atom. The van der Waals surface area contributed by atoms with Crippen molar-refractivity contribution in [3.8, 4) is 11.5 Å². The molecule has 4 heteroatoms. The van der Waals surface area contributed by atoms with Crippen LogP contribution in [0.5, 0.6) is 11.5 Å². The van der Waals surface area contributed by atoms with E-state index in [9.17, 15) is 5.11 Å². The third-order valence-corrected chi connectivity index (χ3v) is 2.37. The zero-order chi connectivity index (χ0) is 12.1. The summed E-state index contributed by atoms with van der Waals surface area (Å²) in [5.41, 5.74) is 6.91. The quantitative estimate of drug-likeness (QED) is 0.840. The van der Waals surface area contributed by atoms with Crippen LogP contribution in [0.2, 0.25) is 0 Å². The van der Waals surface area contributed by atoms with E-state index in [1.807, 2.05) is 30.3 Å². The van der Waals surface area contributed by atoms with Crippen LogP contribution < -0.4 is 10.5 Å². The van der Waals surface area contributed by atoms with Crippen LogP contribution in [0.1, 0.15) is 11.3 Å². The van der Waals surface area contributed by atoms with Crippen molar-refractivity contribution in [1.29, 1.82) is 0 Å². The number of hydrogen-bond acceptors (Lipinski definition) is 4. The second kappa shape index (κ2) is 5.32. The zero-order valence-corrected chi connectivity index (χ0v) is 9.34. The van der Waals surface area contributed by atoms with Crippen LogP contribution in [-0.4, -0.2) is 10.1 Å². The Hall–Kier alpha value is -2.07. The molecule has 0 radical (unpaired) electrons. The lowest BCUT2D eigenvalue weighted by molar-refractivity contribution is 0.300. The molecule has 0 saturated heterocycles. The van der Waals surface area contributed by atoms with Gasteiger partial charge in [-0.1, -0.05) is 18.2 Å². The topological polar surface area (TPSA) is 68.4 Å². The van der Waals surface area contributed by atoms with Crippen molar-refractivity contribution in [1.82, 2.24) is 4.98 Å². The van der Waals surface area contributed by atoms with E-state index < -0.39 is 0 Å². The van der Waals surface area contributed by atoms with Gasteiger partial charge in [-0.05, 0) is 18.2 Å². The van der Waals surface area contributed by atoms with Gasteiger partial charge in [-0.25, -0.2) is 0 Å². The summed E-state index contributed by atoms with van der Waals surface area (Å²) in [7, 11) is 0. The number of rotatable bonds is 4. The number of aromatic nitrogens is 1. The minimum absolute atomic E-state index is 0.121. The van der Waals surface area contributed by atoms with E-state index in [0.717, 1.165) is 11.4 Å². The second-order valence-corrected chi connectivity index (χ2v) is 3.61. The highest BCUT2D eigenvalue weighted by molar-refractivity contribution is 5.31. The van der Waals surface area contributed by atoms with Gasteiger partial charge in [0.05, 0.1) is 11.9 Å². The molecule has 1 aromatic heterocycles. The zero-order valence-electron chi connectivity index (χ0n) is 9.34. The average Bonchev–Trinajstić information content (AvgIpc) is 2.39. The summed E-state index contributed by atoms with van der Waals surface area (Å²) < 4.78 is 5.55. The Bertz CT molecular complexity index is 486. The molecule has 0 saturated carbocycles. The molecule has 0 atom stereocenters. The van der Waals surface area contributed by atoms with E-state index in [1.54, 1.807) is 6.07 Å². The van der Waals surface area contributed by atoms with Crippen molar-refractivity contribution >= 4 is 0 Å². The molecule has 0 spiro atoms. The van der Waals surface area contributed by atoms with Gasteiger partial charge < -0.3 is 15.6 Å². The lowest BCUT2D eigenvalue weighted by Crippen LogP contribution is -2.02. The van der Waals surface area contributed by atoms with Gasteiger partial charge in [-0.3, -0.25) is 4.98 Å². The molecule has 88 valence electrons. The number of nitrogens with two attached hydrogens (primary N) is 1. The van der Waals surface area contributed by atoms with Crippen LogP contribution >= 0.6 is 0 Å². The highest BCUT2D eigenvalue weighted by Crippen LogP contribution is 2.17. The van der Waals surface area contributed by atoms with Crippen LogP contribution in [0, 0.1) is 0 Å². The van der Waals surface area contributed by atoms with Crippen LogP contribution in [-0.2, 0) is 13.2 Å². The molecule has 1 aromatic carbocycles. The van der Waals surface area contributed by atoms with E-state index in [0.29, 0.717) is 12.2 Å². The van der Waals surface area contributed by atoms with E-state index in [4.69, 9.17) is 10.5 Å². The van der Waals surface area contributed by atoms with Gasteiger partial charge in [0.2, 0.25) is 0 Å². The molecular formula is C13H14N2O2. The Balaban J connectivity index is 2.04. The lowest BCUT2D eigenvalue weighted by atomic mass is 10.2. The number of aromatic hydroxyl groups is 1. The Labute approximate surface area is 99.7 Å². The molecule has 17 heavy (non-hydrogen) atoms. The summed E-state index contributed by atoms with van der Waals surface area (Å²) in [4.78, 5) is 4.07. The third-order valence-electron chi connectivity index (χ3n) is 2.37. The smallest absolute Gasteiger partial charge is 0.138 e. The fraction of sp³-hybridized carbons (Fsp3) is 0.154. The number of ether oxygens (including phenoxy) is 1. The Morgan fingerprint density at radius 1 is 1.24 bits per heavy atom. The Morgan fingerprint density at radius 3 is 2.71 bits per heavy atom. The summed E-state index contributed by atoms with van der Waals surface area (Å²) in [5.74, 6) is 0.910. The molecule has 2 rings (SSSR count). The molecular weight excluding hydrogens is 216 g/mol. The van der Waals surface area contributed by atoms with Crippen LogP contribution in [0.3, 0.4) is 0 Å². The summed E-state index contributed by atoms with van der Waals surface area (Å²) in [6.45, 7) is 0.643. The van der Waals surface area contributed by atoms with Crippen LogP contribution in [0.15, 0.2) is 42.6 Å². The van der Waals surface area contributed by atoms with Crippen LogP contribution in [0.25, 0.3) is 0 Å². The summed E-state index contributed by atoms with van der Waals surface area (Å²) in [5, 5.41) is 9.44. The summed E-state index contributed by atoms with van der Waals surface area (Å²) in [6, 6.07) is 11.3. The average molecular weight is 230 g/mol. The molecule has 2 aromatic rings. The molecule has 0 bridgehead atoms. The first-order valence-electron chi connectivity index (χ1n) is 5.34. The molecule has 0 fully saturated rings. The summed E-state index contributed by atoms with van der Waals surface area (Å²) >= 11 is 0. The van der Waals surface area contributed by atoms with E-state index in [-0.39, 0.29) is 12.3 Å². The fourth-order valence-electron chi connectivity index (χ4n) is 1.46. The predicted octanol–water partition coefficient (Wildman–Crippen LogP) is 1.82. The molecule has 1 heterocycles. The first-order chi connectivity index (χ1) is 8.29. The van der Waals surface area contributed by atoms with E-state index >= 15 is 0 Å². The van der Waals surface area contributed by atoms with Crippen LogP contribution in [0.4, 0.5) is 0 Å². The maximum Gasteiger partial charge on any atom is 0.138 e. The van der Waals surface area contributed by atoms with Crippen molar-refractivity contribution in [3.63, 3.8) is 0 Å². The van der Waals surface area contributed by atoms with Crippen molar-refractivity contribution in [2.45, 2.75) is 13.2 Å². The van der Waals surface area contributed by atoms with Gasteiger partial charge in [-0.2, -0.15) is 0 Å². The van der Waals surface area contributed by atoms with Crippen molar-refractivity contribution in [2.24, 2.45) is 5.73 Å². The third kappa shape index (κ3) is 2.95. The number of pyridine rings is 1. The number of nitrogens with zero attached hydrogens (tertiary/aromatic N) is 1. The first kappa shape index (κ1) is 11.4. The molecule has 0 amide bonds. The minimum atomic E-state index is 0.121. The molecule has 4 nitrogen and oxygen atoms in total. The molecule has 0 aliphatic rings. The summed E-state index contributed by atoms with van der Waals surface area (Å²) in [6.07, 6.45) is 1.39. The molecule has 3 N–H and O–H groups in total. The first-order valence-corrected chi connectivity index (χ1v) is 5.34. The maximum atomic E-state index is 9.44. The molecule has 0 aliphatic carbocycles. The molecule has 0 unspecified atom stereocenters. The monoisotopic (exact) mass is 230 g/mol.